The first kappa shape index (κ1) is 6.91. The zero-order valence-electron chi connectivity index (χ0n) is 5.85. The van der Waals surface area contributed by atoms with Gasteiger partial charge in [-0.1, -0.05) is 11.8 Å². The van der Waals surface area contributed by atoms with E-state index in [1.807, 2.05) is 13.1 Å². The highest BCUT2D eigenvalue weighted by Crippen LogP contribution is 1.95. The minimum atomic E-state index is 0.713. The van der Waals surface area contributed by atoms with Gasteiger partial charge in [0.2, 0.25) is 0 Å². The van der Waals surface area contributed by atoms with Crippen LogP contribution in [0.1, 0.15) is 5.56 Å². The van der Waals surface area contributed by atoms with Crippen molar-refractivity contribution in [3.8, 4) is 11.8 Å². The Balaban J connectivity index is 2.49. The fourth-order valence-corrected chi connectivity index (χ4v) is 0.570. The Kier molecular flexibility index (Phi) is 2.60. The first-order valence-electron chi connectivity index (χ1n) is 3.09. The molecule has 0 amide bonds. The third-order valence-electron chi connectivity index (χ3n) is 1.02. The topological polar surface area (TPSA) is 25.2 Å². The van der Waals surface area contributed by atoms with Crippen molar-refractivity contribution < 1.29 is 4.42 Å². The summed E-state index contributed by atoms with van der Waals surface area (Å²) in [5, 5.41) is 2.93. The molecule has 0 aliphatic heterocycles. The molecule has 1 heterocycles. The van der Waals surface area contributed by atoms with Gasteiger partial charge in [0.1, 0.15) is 6.26 Å². The Bertz CT molecular complexity index is 228. The Morgan fingerprint density at radius 1 is 1.70 bits per heavy atom. The van der Waals surface area contributed by atoms with Crippen molar-refractivity contribution in [2.24, 2.45) is 0 Å². The highest BCUT2D eigenvalue weighted by Gasteiger charge is 1.82. The van der Waals surface area contributed by atoms with Gasteiger partial charge in [-0.05, 0) is 13.1 Å². The van der Waals surface area contributed by atoms with Crippen LogP contribution in [0.2, 0.25) is 0 Å². The van der Waals surface area contributed by atoms with E-state index in [1.54, 1.807) is 12.5 Å². The number of hydrogen-bond acceptors (Lipinski definition) is 2. The molecule has 0 spiro atoms. The van der Waals surface area contributed by atoms with Crippen LogP contribution in [0.25, 0.3) is 0 Å². The summed E-state index contributed by atoms with van der Waals surface area (Å²) < 4.78 is 4.82. The van der Waals surface area contributed by atoms with Crippen molar-refractivity contribution in [1.29, 1.82) is 0 Å². The van der Waals surface area contributed by atoms with Gasteiger partial charge in [-0.2, -0.15) is 0 Å². The fourth-order valence-electron chi connectivity index (χ4n) is 0.570. The van der Waals surface area contributed by atoms with Crippen LogP contribution in [0, 0.1) is 11.8 Å². The average Bonchev–Trinajstić information content (AvgIpc) is 2.41. The molecule has 10 heavy (non-hydrogen) atoms. The average molecular weight is 135 g/mol. The number of nitrogens with one attached hydrogen (secondary N) is 1. The van der Waals surface area contributed by atoms with E-state index in [0.29, 0.717) is 6.54 Å². The number of furan rings is 1. The lowest BCUT2D eigenvalue weighted by Crippen LogP contribution is -2.04. The minimum Gasteiger partial charge on any atom is -0.471 e. The van der Waals surface area contributed by atoms with E-state index in [1.165, 1.54) is 0 Å². The zero-order chi connectivity index (χ0) is 7.23. The van der Waals surface area contributed by atoms with E-state index < -0.39 is 0 Å². The highest BCUT2D eigenvalue weighted by atomic mass is 16.3. The lowest BCUT2D eigenvalue weighted by molar-refractivity contribution is 0.566. The van der Waals surface area contributed by atoms with Gasteiger partial charge in [-0.25, -0.2) is 0 Å². The predicted molar refractivity (Wildman–Crippen MR) is 39.5 cm³/mol. The van der Waals surface area contributed by atoms with Crippen LogP contribution in [-0.2, 0) is 0 Å². The van der Waals surface area contributed by atoms with Gasteiger partial charge in [0.25, 0.3) is 0 Å². The van der Waals surface area contributed by atoms with Crippen molar-refractivity contribution in [2.75, 3.05) is 13.6 Å². The quantitative estimate of drug-likeness (QED) is 0.577. The molecule has 0 atom stereocenters. The summed E-state index contributed by atoms with van der Waals surface area (Å²) in [5.41, 5.74) is 0.926. The van der Waals surface area contributed by atoms with Crippen LogP contribution >= 0.6 is 0 Å². The monoisotopic (exact) mass is 135 g/mol. The van der Waals surface area contributed by atoms with Gasteiger partial charge in [0, 0.05) is 0 Å². The minimum absolute atomic E-state index is 0.713. The molecule has 52 valence electrons. The van der Waals surface area contributed by atoms with Crippen molar-refractivity contribution in [1.82, 2.24) is 5.32 Å². The van der Waals surface area contributed by atoms with Gasteiger partial charge in [0.05, 0.1) is 18.4 Å². The lowest BCUT2D eigenvalue weighted by Gasteiger charge is -1.80. The van der Waals surface area contributed by atoms with E-state index in [9.17, 15) is 0 Å². The van der Waals surface area contributed by atoms with Crippen LogP contribution in [0.5, 0.6) is 0 Å². The predicted octanol–water partition coefficient (Wildman–Crippen LogP) is 0.851. The molecule has 0 aliphatic carbocycles. The SMILES string of the molecule is CNCC#Cc1ccoc1. The van der Waals surface area contributed by atoms with E-state index in [4.69, 9.17) is 4.42 Å². The van der Waals surface area contributed by atoms with Gasteiger partial charge in [0.15, 0.2) is 0 Å². The summed E-state index contributed by atoms with van der Waals surface area (Å²) in [6.07, 6.45) is 3.24. The second-order valence-electron chi connectivity index (χ2n) is 1.84. The lowest BCUT2D eigenvalue weighted by atomic mass is 10.3. The van der Waals surface area contributed by atoms with Crippen molar-refractivity contribution in [3.63, 3.8) is 0 Å². The molecule has 0 saturated carbocycles. The molecular weight excluding hydrogens is 126 g/mol. The summed E-state index contributed by atoms with van der Waals surface area (Å²) in [6, 6.07) is 1.84. The molecule has 1 aromatic heterocycles. The van der Waals surface area contributed by atoms with Crippen molar-refractivity contribution in [3.05, 3.63) is 24.2 Å². The summed E-state index contributed by atoms with van der Waals surface area (Å²) >= 11 is 0. The molecule has 0 aliphatic rings. The Morgan fingerprint density at radius 2 is 2.60 bits per heavy atom. The number of hydrogen-bond donors (Lipinski definition) is 1. The molecule has 0 bridgehead atoms. The van der Waals surface area contributed by atoms with Crippen LogP contribution in [-0.4, -0.2) is 13.6 Å². The van der Waals surface area contributed by atoms with E-state index in [-0.39, 0.29) is 0 Å². The maximum Gasteiger partial charge on any atom is 0.106 e. The van der Waals surface area contributed by atoms with E-state index in [2.05, 4.69) is 17.2 Å². The summed E-state index contributed by atoms with van der Waals surface area (Å²) in [4.78, 5) is 0. The maximum absolute atomic E-state index is 4.82. The molecule has 0 unspecified atom stereocenters. The maximum atomic E-state index is 4.82. The Hall–Kier alpha value is -1.20. The second-order valence-corrected chi connectivity index (χ2v) is 1.84. The number of rotatable bonds is 1. The fraction of sp³-hybridized carbons (Fsp3) is 0.250. The molecule has 1 N–H and O–H groups in total. The van der Waals surface area contributed by atoms with Crippen molar-refractivity contribution in [2.45, 2.75) is 0 Å². The van der Waals surface area contributed by atoms with Crippen molar-refractivity contribution >= 4 is 0 Å². The third kappa shape index (κ3) is 1.96. The molecule has 2 nitrogen and oxygen atoms in total. The molecule has 1 aromatic rings. The van der Waals surface area contributed by atoms with Gasteiger partial charge >= 0.3 is 0 Å². The third-order valence-corrected chi connectivity index (χ3v) is 1.02. The van der Waals surface area contributed by atoms with E-state index in [0.717, 1.165) is 5.56 Å². The smallest absolute Gasteiger partial charge is 0.106 e. The standard InChI is InChI=1S/C8H9NO/c1-9-5-2-3-8-4-6-10-7-8/h4,6-7,9H,5H2,1H3. The molecule has 0 fully saturated rings. The van der Waals surface area contributed by atoms with Gasteiger partial charge in [-0.15, -0.1) is 0 Å². The molecule has 1 rings (SSSR count). The second kappa shape index (κ2) is 3.76. The largest absolute Gasteiger partial charge is 0.471 e. The molecule has 2 heteroatoms. The van der Waals surface area contributed by atoms with Gasteiger partial charge < -0.3 is 9.73 Å². The van der Waals surface area contributed by atoms with Crippen LogP contribution in [0.4, 0.5) is 0 Å². The molecule has 0 radical (unpaired) electrons. The first-order chi connectivity index (χ1) is 4.93. The van der Waals surface area contributed by atoms with E-state index >= 15 is 0 Å². The van der Waals surface area contributed by atoms with Crippen LogP contribution < -0.4 is 5.32 Å². The normalized spacial score (nSPS) is 8.50. The highest BCUT2D eigenvalue weighted by molar-refractivity contribution is 5.30. The summed E-state index contributed by atoms with van der Waals surface area (Å²) in [7, 11) is 1.87. The van der Waals surface area contributed by atoms with Crippen LogP contribution in [0.3, 0.4) is 0 Å². The Morgan fingerprint density at radius 3 is 3.20 bits per heavy atom. The molecule has 0 aromatic carbocycles. The summed E-state index contributed by atoms with van der Waals surface area (Å²) in [5.74, 6) is 5.84. The first-order valence-corrected chi connectivity index (χ1v) is 3.09. The van der Waals surface area contributed by atoms with Crippen LogP contribution in [0.15, 0.2) is 23.0 Å². The summed E-state index contributed by atoms with van der Waals surface area (Å²) in [6.45, 7) is 0.713. The zero-order valence-corrected chi connectivity index (χ0v) is 5.85. The Labute approximate surface area is 60.2 Å². The molecule has 0 saturated heterocycles. The van der Waals surface area contributed by atoms with Gasteiger partial charge in [-0.3, -0.25) is 0 Å². The molecular formula is C8H9NO.